The number of anilines is 1. The highest BCUT2D eigenvalue weighted by atomic mass is 19.4. The Hall–Kier alpha value is -3.72. The van der Waals surface area contributed by atoms with Crippen LogP contribution >= 0.6 is 0 Å². The molecule has 16 heteroatoms. The number of carbonyl (C=O) groups is 4. The number of rotatable bonds is 6. The number of ether oxygens (including phenoxy) is 2. The number of hydrogen-bond donors (Lipinski definition) is 1. The summed E-state index contributed by atoms with van der Waals surface area (Å²) in [5, 5.41) is 1.63. The summed E-state index contributed by atoms with van der Waals surface area (Å²) >= 11 is 0. The number of likely N-dealkylation sites (tertiary alicyclic amines) is 1. The van der Waals surface area contributed by atoms with Gasteiger partial charge in [-0.15, -0.1) is 0 Å². The fourth-order valence-corrected chi connectivity index (χ4v) is 5.26. The van der Waals surface area contributed by atoms with Crippen LogP contribution < -0.4 is 15.0 Å². The predicted octanol–water partition coefficient (Wildman–Crippen LogP) is 5.14. The lowest BCUT2D eigenvalue weighted by Gasteiger charge is -2.42. The van der Waals surface area contributed by atoms with Gasteiger partial charge < -0.3 is 29.5 Å². The molecular weight excluding hydrogens is 614 g/mol. The molecule has 45 heavy (non-hydrogen) atoms. The molecule has 1 atom stereocenters. The van der Waals surface area contributed by atoms with Crippen LogP contribution in [0.25, 0.3) is 0 Å². The normalized spacial score (nSPS) is 18.7. The monoisotopic (exact) mass is 652 g/mol. The van der Waals surface area contributed by atoms with Crippen molar-refractivity contribution in [2.75, 3.05) is 31.1 Å². The molecule has 252 valence electrons. The van der Waals surface area contributed by atoms with Gasteiger partial charge >= 0.3 is 24.4 Å². The van der Waals surface area contributed by atoms with Gasteiger partial charge in [-0.2, -0.15) is 26.3 Å². The van der Waals surface area contributed by atoms with E-state index in [2.05, 4.69) is 0 Å². The molecule has 1 N–H and O–H groups in total. The molecule has 0 saturated carbocycles. The van der Waals surface area contributed by atoms with E-state index in [-0.39, 0.29) is 12.2 Å². The molecule has 0 spiro atoms. The molecule has 0 aliphatic carbocycles. The van der Waals surface area contributed by atoms with Gasteiger partial charge in [0.2, 0.25) is 0 Å². The molecule has 4 amide bonds. The van der Waals surface area contributed by atoms with Crippen molar-refractivity contribution >= 4 is 29.5 Å². The minimum Gasteiger partial charge on any atom is -0.476 e. The zero-order valence-electron chi connectivity index (χ0n) is 26.1. The maximum absolute atomic E-state index is 14.5. The average Bonchev–Trinajstić information content (AvgIpc) is 2.88. The van der Waals surface area contributed by atoms with Crippen molar-refractivity contribution in [3.05, 3.63) is 23.3 Å². The standard InChI is InChI=1S/C29H38F6N4O6/c1-16(2)39(17-9-8-11-37(15-17)25(43)45-26(3,4)5)22(40)18-13-20-21(14-19(18)28(30,31)32)44-27(6,7)24(42)38(20)12-10-36-23(41)29(33,34)35/h13-14,16-17H,8-12,15H2,1-7H3,(H,36,41)/t17-/m1/s1. The maximum Gasteiger partial charge on any atom is 0.471 e. The topological polar surface area (TPSA) is 108 Å². The third kappa shape index (κ3) is 8.31. The third-order valence-electron chi connectivity index (χ3n) is 7.16. The van der Waals surface area contributed by atoms with Gasteiger partial charge in [0.15, 0.2) is 5.60 Å². The molecule has 2 aliphatic rings. The fraction of sp³-hybridized carbons (Fsp3) is 0.655. The van der Waals surface area contributed by atoms with Gasteiger partial charge in [-0.3, -0.25) is 14.4 Å². The van der Waals surface area contributed by atoms with Crippen LogP contribution in [-0.4, -0.2) is 89.3 Å². The quantitative estimate of drug-likeness (QED) is 0.427. The molecule has 2 aliphatic heterocycles. The first-order valence-corrected chi connectivity index (χ1v) is 14.4. The molecule has 1 aromatic carbocycles. The van der Waals surface area contributed by atoms with Crippen molar-refractivity contribution in [3.8, 4) is 5.75 Å². The van der Waals surface area contributed by atoms with Gasteiger partial charge in [0.05, 0.1) is 22.9 Å². The summed E-state index contributed by atoms with van der Waals surface area (Å²) in [6.07, 6.45) is -10.0. The first-order valence-electron chi connectivity index (χ1n) is 14.4. The van der Waals surface area contributed by atoms with E-state index < -0.39 is 89.4 Å². The van der Waals surface area contributed by atoms with Crippen molar-refractivity contribution in [2.24, 2.45) is 0 Å². The van der Waals surface area contributed by atoms with E-state index >= 15 is 0 Å². The Kier molecular flexibility index (Phi) is 10.00. The van der Waals surface area contributed by atoms with Crippen LogP contribution in [0.15, 0.2) is 12.1 Å². The molecule has 0 radical (unpaired) electrons. The minimum atomic E-state index is -5.19. The Bertz CT molecular complexity index is 1320. The molecule has 1 saturated heterocycles. The largest absolute Gasteiger partial charge is 0.476 e. The zero-order chi connectivity index (χ0) is 34.3. The molecule has 2 heterocycles. The van der Waals surface area contributed by atoms with Crippen LogP contribution in [0.2, 0.25) is 0 Å². The van der Waals surface area contributed by atoms with E-state index in [0.29, 0.717) is 25.5 Å². The number of amides is 4. The van der Waals surface area contributed by atoms with Crippen LogP contribution in [-0.2, 0) is 20.5 Å². The van der Waals surface area contributed by atoms with Crippen molar-refractivity contribution in [3.63, 3.8) is 0 Å². The number of piperidine rings is 1. The molecule has 0 bridgehead atoms. The molecule has 3 rings (SSSR count). The first kappa shape index (κ1) is 35.8. The van der Waals surface area contributed by atoms with E-state index in [1.165, 1.54) is 23.6 Å². The summed E-state index contributed by atoms with van der Waals surface area (Å²) in [6, 6.07) is 0.123. The molecule has 0 unspecified atom stereocenters. The summed E-state index contributed by atoms with van der Waals surface area (Å²) in [4.78, 5) is 54.9. The third-order valence-corrected chi connectivity index (χ3v) is 7.16. The lowest BCUT2D eigenvalue weighted by molar-refractivity contribution is -0.173. The number of nitrogens with one attached hydrogen (secondary N) is 1. The van der Waals surface area contributed by atoms with E-state index in [4.69, 9.17) is 9.47 Å². The summed E-state index contributed by atoms with van der Waals surface area (Å²) in [7, 11) is 0. The van der Waals surface area contributed by atoms with Crippen molar-refractivity contribution in [1.29, 1.82) is 0 Å². The van der Waals surface area contributed by atoms with Crippen LogP contribution in [0, 0.1) is 0 Å². The van der Waals surface area contributed by atoms with Crippen LogP contribution in [0.3, 0.4) is 0 Å². The fourth-order valence-electron chi connectivity index (χ4n) is 5.26. The van der Waals surface area contributed by atoms with Crippen molar-refractivity contribution in [1.82, 2.24) is 15.1 Å². The Morgan fingerprint density at radius 2 is 1.73 bits per heavy atom. The molecular formula is C29H38F6N4O6. The first-order chi connectivity index (χ1) is 20.4. The lowest BCUT2D eigenvalue weighted by atomic mass is 9.96. The van der Waals surface area contributed by atoms with Gasteiger partial charge in [-0.05, 0) is 73.4 Å². The Balaban J connectivity index is 2.05. The Morgan fingerprint density at radius 1 is 1.11 bits per heavy atom. The number of hydrogen-bond acceptors (Lipinski definition) is 6. The minimum absolute atomic E-state index is 0.00589. The summed E-state index contributed by atoms with van der Waals surface area (Å²) in [5.41, 5.74) is -4.94. The number of halogens is 6. The van der Waals surface area contributed by atoms with Crippen molar-refractivity contribution in [2.45, 2.75) is 96.9 Å². The van der Waals surface area contributed by atoms with Gasteiger partial charge in [0, 0.05) is 32.2 Å². The van der Waals surface area contributed by atoms with E-state index in [1.54, 1.807) is 39.9 Å². The highest BCUT2D eigenvalue weighted by Crippen LogP contribution is 2.44. The second-order valence-corrected chi connectivity index (χ2v) is 12.7. The van der Waals surface area contributed by atoms with Gasteiger partial charge in [-0.25, -0.2) is 4.79 Å². The number of fused-ring (bicyclic) bond motifs is 1. The zero-order valence-corrected chi connectivity index (χ0v) is 26.1. The Labute approximate surface area is 257 Å². The average molecular weight is 653 g/mol. The number of alkyl halides is 6. The Morgan fingerprint density at radius 3 is 2.27 bits per heavy atom. The maximum atomic E-state index is 14.5. The van der Waals surface area contributed by atoms with Crippen LogP contribution in [0.1, 0.15) is 77.2 Å². The molecule has 10 nitrogen and oxygen atoms in total. The van der Waals surface area contributed by atoms with Crippen molar-refractivity contribution < 1.29 is 55.0 Å². The number of benzene rings is 1. The van der Waals surface area contributed by atoms with E-state index in [0.717, 1.165) is 11.0 Å². The second-order valence-electron chi connectivity index (χ2n) is 12.7. The lowest BCUT2D eigenvalue weighted by Crippen LogP contribution is -2.55. The van der Waals surface area contributed by atoms with Gasteiger partial charge in [0.25, 0.3) is 11.8 Å². The highest BCUT2D eigenvalue weighted by molar-refractivity contribution is 6.05. The summed E-state index contributed by atoms with van der Waals surface area (Å²) in [5.74, 6) is -4.52. The smallest absolute Gasteiger partial charge is 0.471 e. The van der Waals surface area contributed by atoms with Gasteiger partial charge in [-0.1, -0.05) is 0 Å². The molecule has 0 aromatic heterocycles. The molecule has 1 fully saturated rings. The molecule has 1 aromatic rings. The van der Waals surface area contributed by atoms with Crippen LogP contribution in [0.4, 0.5) is 36.8 Å². The summed E-state index contributed by atoms with van der Waals surface area (Å²) in [6.45, 7) is 9.92. The summed E-state index contributed by atoms with van der Waals surface area (Å²) < 4.78 is 92.5. The van der Waals surface area contributed by atoms with Gasteiger partial charge in [0.1, 0.15) is 11.4 Å². The SMILES string of the molecule is CC(C)N(C(=O)c1cc2c(cc1C(F)(F)F)OC(C)(C)C(=O)N2CCNC(=O)C(F)(F)F)[C@@H]1CCCN(C(=O)OC(C)(C)C)C1. The van der Waals surface area contributed by atoms with E-state index in [9.17, 15) is 45.5 Å². The highest BCUT2D eigenvalue weighted by Gasteiger charge is 2.46. The number of carbonyl (C=O) groups excluding carboxylic acids is 4. The predicted molar refractivity (Wildman–Crippen MR) is 150 cm³/mol. The number of nitrogens with zero attached hydrogens (tertiary/aromatic N) is 3. The van der Waals surface area contributed by atoms with E-state index in [1.807, 2.05) is 0 Å². The van der Waals surface area contributed by atoms with Crippen LogP contribution in [0.5, 0.6) is 5.75 Å². The second kappa shape index (κ2) is 12.6.